The number of likely N-dealkylation sites (tertiary alicyclic amines) is 1. The highest BCUT2D eigenvalue weighted by atomic mass is 35.6. The van der Waals surface area contributed by atoms with Crippen molar-refractivity contribution in [2.24, 2.45) is 13.0 Å². The van der Waals surface area contributed by atoms with Crippen molar-refractivity contribution in [3.05, 3.63) is 53.3 Å². The number of aromatic nitrogens is 4. The number of benzene rings is 1. The molecule has 6 nitrogen and oxygen atoms in total. The van der Waals surface area contributed by atoms with E-state index in [2.05, 4.69) is 32.2 Å². The van der Waals surface area contributed by atoms with E-state index in [4.69, 9.17) is 39.2 Å². The number of hydrogen-bond acceptors (Lipinski definition) is 5. The quantitative estimate of drug-likeness (QED) is 0.293. The van der Waals surface area contributed by atoms with Gasteiger partial charge in [-0.05, 0) is 44.2 Å². The molecular formula is C24H28Cl3N5O. The van der Waals surface area contributed by atoms with Crippen LogP contribution in [0.3, 0.4) is 0 Å². The van der Waals surface area contributed by atoms with E-state index in [0.717, 1.165) is 54.8 Å². The smallest absolute Gasteiger partial charge is 0.216 e. The average Bonchev–Trinajstić information content (AvgIpc) is 3.07. The van der Waals surface area contributed by atoms with Crippen molar-refractivity contribution in [3.63, 3.8) is 0 Å². The Bertz CT molecular complexity index is 1120. The summed E-state index contributed by atoms with van der Waals surface area (Å²) >= 11 is 18.0. The van der Waals surface area contributed by atoms with Crippen molar-refractivity contribution >= 4 is 34.8 Å². The normalized spacial score (nSPS) is 22.6. The lowest BCUT2D eigenvalue weighted by atomic mass is 9.94. The summed E-state index contributed by atoms with van der Waals surface area (Å²) in [6.45, 7) is 5.38. The number of alkyl halides is 3. The van der Waals surface area contributed by atoms with E-state index in [-0.39, 0.29) is 0 Å². The van der Waals surface area contributed by atoms with Crippen LogP contribution in [-0.4, -0.2) is 44.3 Å². The molecule has 0 bridgehead atoms. The second-order valence-electron chi connectivity index (χ2n) is 9.44. The van der Waals surface area contributed by atoms with Gasteiger partial charge in [0.1, 0.15) is 5.82 Å². The standard InChI is InChI=1S/C24H28Cl3N5O/c1-16-21(33-15-28-16)22-30-29-20(31(22)2)6-4-3-5-11-32-13-19-12-23(19,14-32)17-7-9-18(10-8-17)24(25,26)27/h7-10,15,19H,3-6,11-14H2,1-2H3/t19-,23+/m0/s1. The number of nitrogens with zero attached hydrogens (tertiary/aromatic N) is 5. The predicted molar refractivity (Wildman–Crippen MR) is 131 cm³/mol. The highest BCUT2D eigenvalue weighted by molar-refractivity contribution is 6.66. The highest BCUT2D eigenvalue weighted by Gasteiger charge is 2.60. The summed E-state index contributed by atoms with van der Waals surface area (Å²) in [5, 5.41) is 8.66. The van der Waals surface area contributed by atoms with E-state index in [9.17, 15) is 0 Å². The Morgan fingerprint density at radius 3 is 2.61 bits per heavy atom. The molecule has 1 saturated heterocycles. The Kier molecular flexibility index (Phi) is 6.23. The third-order valence-electron chi connectivity index (χ3n) is 7.29. The summed E-state index contributed by atoms with van der Waals surface area (Å²) in [4.78, 5) is 6.76. The zero-order chi connectivity index (χ0) is 23.2. The van der Waals surface area contributed by atoms with E-state index >= 15 is 0 Å². The lowest BCUT2D eigenvalue weighted by Crippen LogP contribution is -2.27. The largest absolute Gasteiger partial charge is 0.440 e. The molecule has 0 unspecified atom stereocenters. The first-order valence-corrected chi connectivity index (χ1v) is 12.6. The first-order chi connectivity index (χ1) is 15.8. The van der Waals surface area contributed by atoms with Crippen molar-refractivity contribution in [2.45, 2.75) is 48.2 Å². The van der Waals surface area contributed by atoms with Gasteiger partial charge in [-0.15, -0.1) is 10.2 Å². The van der Waals surface area contributed by atoms with Crippen LogP contribution < -0.4 is 0 Å². The van der Waals surface area contributed by atoms with Gasteiger partial charge in [0.25, 0.3) is 0 Å². The summed E-state index contributed by atoms with van der Waals surface area (Å²) in [6, 6.07) is 8.21. The molecule has 2 atom stereocenters. The number of unbranched alkanes of at least 4 members (excludes halogenated alkanes) is 2. The van der Waals surface area contributed by atoms with Crippen LogP contribution in [0.4, 0.5) is 0 Å². The van der Waals surface area contributed by atoms with Gasteiger partial charge in [-0.1, -0.05) is 65.5 Å². The fourth-order valence-corrected chi connectivity index (χ4v) is 5.66. The van der Waals surface area contributed by atoms with Crippen LogP contribution in [0.15, 0.2) is 35.1 Å². The van der Waals surface area contributed by atoms with Crippen LogP contribution in [0, 0.1) is 12.8 Å². The number of halogens is 3. The Hall–Kier alpha value is -1.60. The molecule has 0 N–H and O–H groups in total. The number of piperidine rings is 1. The topological polar surface area (TPSA) is 60.0 Å². The summed E-state index contributed by atoms with van der Waals surface area (Å²) in [7, 11) is 1.99. The molecule has 0 radical (unpaired) electrons. The first kappa shape index (κ1) is 23.2. The number of hydrogen-bond donors (Lipinski definition) is 0. The Labute approximate surface area is 209 Å². The van der Waals surface area contributed by atoms with Gasteiger partial charge in [-0.3, -0.25) is 0 Å². The minimum Gasteiger partial charge on any atom is -0.440 e. The van der Waals surface area contributed by atoms with Gasteiger partial charge in [0.05, 0.1) is 5.69 Å². The second-order valence-corrected chi connectivity index (χ2v) is 11.7. The number of rotatable bonds is 8. The maximum Gasteiger partial charge on any atom is 0.216 e. The number of fused-ring (bicyclic) bond motifs is 1. The monoisotopic (exact) mass is 507 g/mol. The van der Waals surface area contributed by atoms with Crippen molar-refractivity contribution in [1.82, 2.24) is 24.6 Å². The molecule has 3 heterocycles. The van der Waals surface area contributed by atoms with Crippen LogP contribution in [0.1, 0.15) is 48.3 Å². The first-order valence-electron chi connectivity index (χ1n) is 11.5. The van der Waals surface area contributed by atoms with Crippen molar-refractivity contribution in [3.8, 4) is 11.6 Å². The highest BCUT2D eigenvalue weighted by Crippen LogP contribution is 2.59. The lowest BCUT2D eigenvalue weighted by molar-refractivity contribution is 0.290. The molecule has 33 heavy (non-hydrogen) atoms. The molecule has 3 aromatic rings. The lowest BCUT2D eigenvalue weighted by Gasteiger charge is -2.21. The van der Waals surface area contributed by atoms with Crippen molar-refractivity contribution in [2.75, 3.05) is 19.6 Å². The minimum absolute atomic E-state index is 0.306. The van der Waals surface area contributed by atoms with Gasteiger partial charge in [0, 0.05) is 37.5 Å². The van der Waals surface area contributed by atoms with E-state index in [1.54, 1.807) is 0 Å². The van der Waals surface area contributed by atoms with Gasteiger partial charge in [-0.2, -0.15) is 0 Å². The summed E-state index contributed by atoms with van der Waals surface area (Å²) in [6.07, 6.45) is 7.11. The second kappa shape index (κ2) is 8.88. The van der Waals surface area contributed by atoms with E-state index in [0.29, 0.717) is 11.2 Å². The molecular weight excluding hydrogens is 481 g/mol. The molecule has 9 heteroatoms. The van der Waals surface area contributed by atoms with Crippen LogP contribution in [0.5, 0.6) is 0 Å². The maximum absolute atomic E-state index is 6.01. The van der Waals surface area contributed by atoms with Gasteiger partial charge < -0.3 is 13.9 Å². The predicted octanol–water partition coefficient (Wildman–Crippen LogP) is 5.59. The molecule has 1 aliphatic carbocycles. The van der Waals surface area contributed by atoms with E-state index in [1.165, 1.54) is 37.8 Å². The van der Waals surface area contributed by atoms with E-state index < -0.39 is 3.79 Å². The van der Waals surface area contributed by atoms with Crippen LogP contribution in [0.25, 0.3) is 11.6 Å². The molecule has 0 spiro atoms. The van der Waals surface area contributed by atoms with Gasteiger partial charge in [0.15, 0.2) is 12.2 Å². The Morgan fingerprint density at radius 2 is 1.91 bits per heavy atom. The SMILES string of the molecule is Cc1ncoc1-c1nnc(CCCCCN2C[C@@H]3C[C@]3(c3ccc(C(Cl)(Cl)Cl)cc3)C2)n1C. The summed E-state index contributed by atoms with van der Waals surface area (Å²) in [5.41, 5.74) is 3.25. The third-order valence-corrected chi connectivity index (χ3v) is 7.95. The minimum atomic E-state index is -1.36. The van der Waals surface area contributed by atoms with Crippen LogP contribution in [-0.2, 0) is 22.7 Å². The number of oxazole rings is 1. The Balaban J connectivity index is 1.08. The number of aryl methyl sites for hydroxylation is 2. The van der Waals surface area contributed by atoms with Crippen LogP contribution >= 0.6 is 34.8 Å². The molecule has 1 aliphatic heterocycles. The molecule has 2 fully saturated rings. The molecule has 176 valence electrons. The fourth-order valence-electron chi connectivity index (χ4n) is 5.28. The molecule has 0 amide bonds. The van der Waals surface area contributed by atoms with Crippen molar-refractivity contribution < 1.29 is 4.42 Å². The van der Waals surface area contributed by atoms with Crippen LogP contribution in [0.2, 0.25) is 0 Å². The zero-order valence-electron chi connectivity index (χ0n) is 18.9. The summed E-state index contributed by atoms with van der Waals surface area (Å²) in [5.74, 6) is 3.18. The fraction of sp³-hybridized carbons (Fsp3) is 0.542. The Morgan fingerprint density at radius 1 is 1.12 bits per heavy atom. The molecule has 1 saturated carbocycles. The average molecular weight is 509 g/mol. The molecule has 2 aliphatic rings. The maximum atomic E-state index is 6.01. The van der Waals surface area contributed by atoms with Gasteiger partial charge in [0.2, 0.25) is 9.62 Å². The zero-order valence-corrected chi connectivity index (χ0v) is 21.2. The van der Waals surface area contributed by atoms with Crippen molar-refractivity contribution in [1.29, 1.82) is 0 Å². The molecule has 2 aromatic heterocycles. The van der Waals surface area contributed by atoms with E-state index in [1.807, 2.05) is 30.7 Å². The van der Waals surface area contributed by atoms with Gasteiger partial charge in [-0.25, -0.2) is 4.98 Å². The summed E-state index contributed by atoms with van der Waals surface area (Å²) < 4.78 is 6.11. The third kappa shape index (κ3) is 4.55. The molecule has 1 aromatic carbocycles. The molecule has 5 rings (SSSR count). The van der Waals surface area contributed by atoms with Gasteiger partial charge >= 0.3 is 0 Å².